The second-order valence-electron chi connectivity index (χ2n) is 4.63. The topological polar surface area (TPSA) is 49.6 Å². The van der Waals surface area contributed by atoms with Gasteiger partial charge in [0.25, 0.3) is 5.69 Å². The standard InChI is InChI=1S/C13H19N3O2/c1-2-14-7-9-15(10-8-14)11-12-3-5-13(6-4-12)16(17)18/h3-6H,2,7-11H2,1H3. The van der Waals surface area contributed by atoms with Crippen LogP contribution in [0.25, 0.3) is 0 Å². The fourth-order valence-electron chi connectivity index (χ4n) is 2.24. The van der Waals surface area contributed by atoms with Crippen molar-refractivity contribution in [2.75, 3.05) is 32.7 Å². The molecule has 1 aliphatic heterocycles. The third kappa shape index (κ3) is 3.27. The minimum Gasteiger partial charge on any atom is -0.301 e. The number of nitro benzene ring substituents is 1. The van der Waals surface area contributed by atoms with Crippen LogP contribution in [-0.2, 0) is 6.54 Å². The van der Waals surface area contributed by atoms with Crippen LogP contribution in [0.5, 0.6) is 0 Å². The molecule has 0 unspecified atom stereocenters. The highest BCUT2D eigenvalue weighted by Gasteiger charge is 2.15. The third-order valence-electron chi connectivity index (χ3n) is 3.47. The zero-order valence-corrected chi connectivity index (χ0v) is 10.7. The predicted molar refractivity (Wildman–Crippen MR) is 70.5 cm³/mol. The molecule has 1 aromatic rings. The Balaban J connectivity index is 1.88. The van der Waals surface area contributed by atoms with Crippen LogP contribution >= 0.6 is 0 Å². The third-order valence-corrected chi connectivity index (χ3v) is 3.47. The van der Waals surface area contributed by atoms with E-state index in [0.717, 1.165) is 44.8 Å². The maximum Gasteiger partial charge on any atom is 0.269 e. The summed E-state index contributed by atoms with van der Waals surface area (Å²) in [7, 11) is 0. The van der Waals surface area contributed by atoms with Gasteiger partial charge in [0.15, 0.2) is 0 Å². The second kappa shape index (κ2) is 5.93. The minimum atomic E-state index is -0.357. The molecule has 1 aromatic carbocycles. The number of hydrogen-bond donors (Lipinski definition) is 0. The Bertz CT molecular complexity index is 397. The Labute approximate surface area is 107 Å². The van der Waals surface area contributed by atoms with Gasteiger partial charge >= 0.3 is 0 Å². The number of nitro groups is 1. The molecule has 1 fully saturated rings. The summed E-state index contributed by atoms with van der Waals surface area (Å²) in [5, 5.41) is 10.6. The molecule has 0 N–H and O–H groups in total. The highest BCUT2D eigenvalue weighted by atomic mass is 16.6. The quantitative estimate of drug-likeness (QED) is 0.602. The summed E-state index contributed by atoms with van der Waals surface area (Å²) >= 11 is 0. The van der Waals surface area contributed by atoms with Crippen molar-refractivity contribution in [2.45, 2.75) is 13.5 Å². The number of hydrogen-bond acceptors (Lipinski definition) is 4. The lowest BCUT2D eigenvalue weighted by molar-refractivity contribution is -0.384. The summed E-state index contributed by atoms with van der Waals surface area (Å²) < 4.78 is 0. The zero-order chi connectivity index (χ0) is 13.0. The van der Waals surface area contributed by atoms with Crippen LogP contribution in [0.4, 0.5) is 5.69 Å². The van der Waals surface area contributed by atoms with E-state index in [9.17, 15) is 10.1 Å². The highest BCUT2D eigenvalue weighted by molar-refractivity contribution is 5.32. The first-order chi connectivity index (χ1) is 8.69. The van der Waals surface area contributed by atoms with E-state index in [2.05, 4.69) is 16.7 Å². The normalized spacial score (nSPS) is 17.8. The number of nitrogens with zero attached hydrogens (tertiary/aromatic N) is 3. The van der Waals surface area contributed by atoms with Crippen molar-refractivity contribution in [2.24, 2.45) is 0 Å². The monoisotopic (exact) mass is 249 g/mol. The molecule has 5 heteroatoms. The maximum atomic E-state index is 10.6. The van der Waals surface area contributed by atoms with E-state index in [1.54, 1.807) is 12.1 Å². The molecule has 2 rings (SSSR count). The van der Waals surface area contributed by atoms with Crippen LogP contribution in [-0.4, -0.2) is 47.4 Å². The van der Waals surface area contributed by atoms with E-state index in [-0.39, 0.29) is 10.6 Å². The van der Waals surface area contributed by atoms with Gasteiger partial charge in [-0.3, -0.25) is 15.0 Å². The summed E-state index contributed by atoms with van der Waals surface area (Å²) in [5.74, 6) is 0. The van der Waals surface area contributed by atoms with Crippen molar-refractivity contribution in [1.82, 2.24) is 9.80 Å². The first kappa shape index (κ1) is 13.0. The first-order valence-electron chi connectivity index (χ1n) is 6.37. The number of non-ortho nitro benzene ring substituents is 1. The van der Waals surface area contributed by atoms with Crippen LogP contribution in [0.2, 0.25) is 0 Å². The number of piperazine rings is 1. The van der Waals surface area contributed by atoms with Gasteiger partial charge in [0.2, 0.25) is 0 Å². The van der Waals surface area contributed by atoms with Gasteiger partial charge in [0.05, 0.1) is 4.92 Å². The Morgan fingerprint density at radius 1 is 1.11 bits per heavy atom. The first-order valence-corrected chi connectivity index (χ1v) is 6.37. The molecule has 18 heavy (non-hydrogen) atoms. The molecular formula is C13H19N3O2. The molecule has 0 radical (unpaired) electrons. The number of benzene rings is 1. The van der Waals surface area contributed by atoms with Gasteiger partial charge in [0, 0.05) is 44.9 Å². The zero-order valence-electron chi connectivity index (χ0n) is 10.7. The second-order valence-corrected chi connectivity index (χ2v) is 4.63. The fraction of sp³-hybridized carbons (Fsp3) is 0.538. The lowest BCUT2D eigenvalue weighted by Crippen LogP contribution is -2.45. The van der Waals surface area contributed by atoms with E-state index in [0.29, 0.717) is 0 Å². The summed E-state index contributed by atoms with van der Waals surface area (Å²) in [6.45, 7) is 8.57. The summed E-state index contributed by atoms with van der Waals surface area (Å²) in [4.78, 5) is 15.0. The minimum absolute atomic E-state index is 0.162. The smallest absolute Gasteiger partial charge is 0.269 e. The molecule has 1 heterocycles. The lowest BCUT2D eigenvalue weighted by atomic mass is 10.2. The Morgan fingerprint density at radius 2 is 1.67 bits per heavy atom. The molecule has 0 saturated carbocycles. The van der Waals surface area contributed by atoms with Gasteiger partial charge < -0.3 is 4.90 Å². The highest BCUT2D eigenvalue weighted by Crippen LogP contribution is 2.14. The molecule has 1 aliphatic rings. The molecule has 0 aliphatic carbocycles. The van der Waals surface area contributed by atoms with Gasteiger partial charge in [0.1, 0.15) is 0 Å². The largest absolute Gasteiger partial charge is 0.301 e. The van der Waals surface area contributed by atoms with Crippen molar-refractivity contribution in [3.63, 3.8) is 0 Å². The average Bonchev–Trinajstić information content (AvgIpc) is 2.40. The molecule has 0 atom stereocenters. The van der Waals surface area contributed by atoms with Crippen molar-refractivity contribution < 1.29 is 4.92 Å². The van der Waals surface area contributed by atoms with Crippen LogP contribution in [0.3, 0.4) is 0 Å². The summed E-state index contributed by atoms with van der Waals surface area (Å²) in [5.41, 5.74) is 1.31. The van der Waals surface area contributed by atoms with Crippen molar-refractivity contribution in [3.8, 4) is 0 Å². The van der Waals surface area contributed by atoms with Crippen molar-refractivity contribution in [3.05, 3.63) is 39.9 Å². The molecule has 0 spiro atoms. The number of likely N-dealkylation sites (N-methyl/N-ethyl adjacent to an activating group) is 1. The van der Waals surface area contributed by atoms with Crippen molar-refractivity contribution >= 4 is 5.69 Å². The van der Waals surface area contributed by atoms with Crippen LogP contribution in [0.1, 0.15) is 12.5 Å². The van der Waals surface area contributed by atoms with Crippen LogP contribution < -0.4 is 0 Å². The molecule has 0 aromatic heterocycles. The Kier molecular flexibility index (Phi) is 4.28. The number of rotatable bonds is 4. The van der Waals surface area contributed by atoms with E-state index in [1.807, 2.05) is 12.1 Å². The Hall–Kier alpha value is -1.46. The SMILES string of the molecule is CCN1CCN(Cc2ccc([N+](=O)[O-])cc2)CC1. The van der Waals surface area contributed by atoms with Crippen molar-refractivity contribution in [1.29, 1.82) is 0 Å². The Morgan fingerprint density at radius 3 is 2.17 bits per heavy atom. The van der Waals surface area contributed by atoms with E-state index in [1.165, 1.54) is 0 Å². The predicted octanol–water partition coefficient (Wildman–Crippen LogP) is 1.73. The fourth-order valence-corrected chi connectivity index (χ4v) is 2.24. The lowest BCUT2D eigenvalue weighted by Gasteiger charge is -2.33. The summed E-state index contributed by atoms with van der Waals surface area (Å²) in [6.07, 6.45) is 0. The molecular weight excluding hydrogens is 230 g/mol. The van der Waals surface area contributed by atoms with Gasteiger partial charge in [-0.2, -0.15) is 0 Å². The molecule has 98 valence electrons. The van der Waals surface area contributed by atoms with Gasteiger partial charge in [-0.25, -0.2) is 0 Å². The van der Waals surface area contributed by atoms with E-state index >= 15 is 0 Å². The van der Waals surface area contributed by atoms with E-state index in [4.69, 9.17) is 0 Å². The van der Waals surface area contributed by atoms with Gasteiger partial charge in [-0.15, -0.1) is 0 Å². The summed E-state index contributed by atoms with van der Waals surface area (Å²) in [6, 6.07) is 6.86. The molecule has 5 nitrogen and oxygen atoms in total. The van der Waals surface area contributed by atoms with Crippen LogP contribution in [0, 0.1) is 10.1 Å². The maximum absolute atomic E-state index is 10.6. The van der Waals surface area contributed by atoms with Gasteiger partial charge in [-0.1, -0.05) is 19.1 Å². The van der Waals surface area contributed by atoms with Gasteiger partial charge in [-0.05, 0) is 12.1 Å². The molecule has 0 amide bonds. The molecule has 1 saturated heterocycles. The van der Waals surface area contributed by atoms with E-state index < -0.39 is 0 Å². The van der Waals surface area contributed by atoms with Crippen LogP contribution in [0.15, 0.2) is 24.3 Å². The molecule has 0 bridgehead atoms. The average molecular weight is 249 g/mol.